The minimum Gasteiger partial charge on any atom is -0.368 e. The topological polar surface area (TPSA) is 9.23 Å². The first-order chi connectivity index (χ1) is 6.77. The van der Waals surface area contributed by atoms with Crippen LogP contribution in [-0.4, -0.2) is 12.0 Å². The summed E-state index contributed by atoms with van der Waals surface area (Å²) >= 11 is 4.16. The fourth-order valence-corrected chi connectivity index (χ4v) is 1.60. The van der Waals surface area contributed by atoms with Crippen LogP contribution in [0.5, 0.6) is 0 Å². The van der Waals surface area contributed by atoms with Gasteiger partial charge in [-0.2, -0.15) is 0 Å². The quantitative estimate of drug-likeness (QED) is 0.324. The first kappa shape index (κ1) is 14.3. The van der Waals surface area contributed by atoms with Gasteiger partial charge in [0.1, 0.15) is 0 Å². The van der Waals surface area contributed by atoms with Crippen molar-refractivity contribution in [2.75, 3.05) is 6.61 Å². The Bertz CT molecular complexity index is 104. The lowest BCUT2D eigenvalue weighted by molar-refractivity contribution is 0.121. The van der Waals surface area contributed by atoms with E-state index >= 15 is 0 Å². The van der Waals surface area contributed by atoms with Crippen molar-refractivity contribution in [1.82, 2.24) is 0 Å². The molecular formula is C12H26OS. The molecule has 0 N–H and O–H groups in total. The number of hydrogen-bond acceptors (Lipinski definition) is 2. The van der Waals surface area contributed by atoms with E-state index in [0.717, 1.165) is 6.61 Å². The van der Waals surface area contributed by atoms with E-state index in [-0.39, 0.29) is 5.44 Å². The normalized spacial score (nSPS) is 13.1. The highest BCUT2D eigenvalue weighted by Gasteiger charge is 1.94. The predicted molar refractivity (Wildman–Crippen MR) is 67.0 cm³/mol. The number of unbranched alkanes of at least 4 members (excludes halogenated alkanes) is 7. The molecule has 1 atom stereocenters. The molecule has 0 rings (SSSR count). The highest BCUT2D eigenvalue weighted by molar-refractivity contribution is 7.80. The lowest BCUT2D eigenvalue weighted by atomic mass is 10.1. The largest absolute Gasteiger partial charge is 0.368 e. The highest BCUT2D eigenvalue weighted by atomic mass is 32.1. The standard InChI is InChI=1S/C12H26OS/c1-3-4-5-6-7-8-9-10-11-13-12(2)14/h12,14H,3-11H2,1-2H3. The molecule has 0 bridgehead atoms. The zero-order chi connectivity index (χ0) is 10.6. The second kappa shape index (κ2) is 11.4. The lowest BCUT2D eigenvalue weighted by Crippen LogP contribution is -2.00. The number of hydrogen-bond donors (Lipinski definition) is 1. The molecule has 2 heteroatoms. The van der Waals surface area contributed by atoms with Crippen LogP contribution in [0, 0.1) is 0 Å². The summed E-state index contributed by atoms with van der Waals surface area (Å²) in [6, 6.07) is 0. The zero-order valence-electron chi connectivity index (χ0n) is 9.80. The monoisotopic (exact) mass is 218 g/mol. The SMILES string of the molecule is CCCCCCCCCCOC(C)S. The van der Waals surface area contributed by atoms with Crippen molar-refractivity contribution in [2.24, 2.45) is 0 Å². The summed E-state index contributed by atoms with van der Waals surface area (Å²) in [6.07, 6.45) is 10.8. The first-order valence-corrected chi connectivity index (χ1v) is 6.58. The molecule has 0 aliphatic heterocycles. The maximum Gasteiger partial charge on any atom is 0.0971 e. The van der Waals surface area contributed by atoms with Crippen LogP contribution >= 0.6 is 12.6 Å². The van der Waals surface area contributed by atoms with Crippen molar-refractivity contribution >= 4 is 12.6 Å². The zero-order valence-corrected chi connectivity index (χ0v) is 10.7. The summed E-state index contributed by atoms with van der Waals surface area (Å²) in [7, 11) is 0. The van der Waals surface area contributed by atoms with Crippen LogP contribution in [0.15, 0.2) is 0 Å². The fourth-order valence-electron chi connectivity index (χ4n) is 1.49. The van der Waals surface area contributed by atoms with E-state index in [1.54, 1.807) is 0 Å². The van der Waals surface area contributed by atoms with Gasteiger partial charge < -0.3 is 4.74 Å². The fraction of sp³-hybridized carbons (Fsp3) is 1.00. The van der Waals surface area contributed by atoms with Crippen LogP contribution in [0.2, 0.25) is 0 Å². The molecule has 1 unspecified atom stereocenters. The Morgan fingerprint density at radius 1 is 0.929 bits per heavy atom. The van der Waals surface area contributed by atoms with Crippen molar-refractivity contribution in [1.29, 1.82) is 0 Å². The molecule has 0 aliphatic rings. The van der Waals surface area contributed by atoms with Crippen molar-refractivity contribution in [3.8, 4) is 0 Å². The number of thiol groups is 1. The molecule has 0 amide bonds. The Kier molecular flexibility index (Phi) is 11.6. The van der Waals surface area contributed by atoms with Crippen LogP contribution in [0.3, 0.4) is 0 Å². The minimum absolute atomic E-state index is 0.0968. The molecule has 0 aromatic rings. The van der Waals surface area contributed by atoms with Gasteiger partial charge in [0.05, 0.1) is 5.44 Å². The smallest absolute Gasteiger partial charge is 0.0971 e. The highest BCUT2D eigenvalue weighted by Crippen LogP contribution is 2.08. The van der Waals surface area contributed by atoms with Gasteiger partial charge in [-0.15, -0.1) is 12.6 Å². The molecule has 0 radical (unpaired) electrons. The van der Waals surface area contributed by atoms with Crippen molar-refractivity contribution < 1.29 is 4.74 Å². The molecule has 0 fully saturated rings. The maximum atomic E-state index is 5.35. The Labute approximate surface area is 95.0 Å². The second-order valence-corrected chi connectivity index (χ2v) is 4.67. The molecule has 14 heavy (non-hydrogen) atoms. The first-order valence-electron chi connectivity index (χ1n) is 6.07. The molecule has 0 heterocycles. The Balaban J connectivity index is 2.85. The molecule has 0 aromatic heterocycles. The van der Waals surface area contributed by atoms with Crippen molar-refractivity contribution in [3.63, 3.8) is 0 Å². The third-order valence-corrected chi connectivity index (χ3v) is 2.51. The third-order valence-electron chi connectivity index (χ3n) is 2.36. The summed E-state index contributed by atoms with van der Waals surface area (Å²) in [4.78, 5) is 0. The summed E-state index contributed by atoms with van der Waals surface area (Å²) in [5.41, 5.74) is 0.0968. The van der Waals surface area contributed by atoms with Gasteiger partial charge in [0.25, 0.3) is 0 Å². The predicted octanol–water partition coefficient (Wildman–Crippen LogP) is 4.42. The summed E-state index contributed by atoms with van der Waals surface area (Å²) < 4.78 is 5.35. The van der Waals surface area contributed by atoms with E-state index in [0.29, 0.717) is 0 Å². The van der Waals surface area contributed by atoms with Gasteiger partial charge in [0.2, 0.25) is 0 Å². The third kappa shape index (κ3) is 12.3. The van der Waals surface area contributed by atoms with E-state index in [2.05, 4.69) is 19.6 Å². The van der Waals surface area contributed by atoms with Crippen molar-refractivity contribution in [2.45, 2.75) is 70.7 Å². The molecule has 0 saturated heterocycles. The molecule has 0 spiro atoms. The van der Waals surface area contributed by atoms with Gasteiger partial charge in [-0.25, -0.2) is 0 Å². The van der Waals surface area contributed by atoms with Gasteiger partial charge in [0, 0.05) is 6.61 Å². The molecule has 0 saturated carbocycles. The molecule has 0 aliphatic carbocycles. The van der Waals surface area contributed by atoms with Gasteiger partial charge in [0.15, 0.2) is 0 Å². The molecule has 86 valence electrons. The minimum atomic E-state index is 0.0968. The average Bonchev–Trinajstić information content (AvgIpc) is 2.15. The van der Waals surface area contributed by atoms with E-state index in [4.69, 9.17) is 4.74 Å². The van der Waals surface area contributed by atoms with E-state index in [1.165, 1.54) is 51.4 Å². The van der Waals surface area contributed by atoms with Gasteiger partial charge in [-0.05, 0) is 13.3 Å². The average molecular weight is 218 g/mol. The van der Waals surface area contributed by atoms with Crippen LogP contribution in [0.1, 0.15) is 65.2 Å². The van der Waals surface area contributed by atoms with Crippen LogP contribution in [-0.2, 0) is 4.74 Å². The van der Waals surface area contributed by atoms with Gasteiger partial charge in [-0.3, -0.25) is 0 Å². The second-order valence-electron chi connectivity index (χ2n) is 3.94. The molecule has 1 nitrogen and oxygen atoms in total. The van der Waals surface area contributed by atoms with Crippen LogP contribution in [0.25, 0.3) is 0 Å². The Morgan fingerprint density at radius 2 is 1.43 bits per heavy atom. The van der Waals surface area contributed by atoms with Crippen molar-refractivity contribution in [3.05, 3.63) is 0 Å². The summed E-state index contributed by atoms with van der Waals surface area (Å²) in [5, 5.41) is 0. The van der Waals surface area contributed by atoms with Crippen LogP contribution < -0.4 is 0 Å². The van der Waals surface area contributed by atoms with Gasteiger partial charge in [-0.1, -0.05) is 51.9 Å². The van der Waals surface area contributed by atoms with E-state index in [9.17, 15) is 0 Å². The molecule has 0 aromatic carbocycles. The maximum absolute atomic E-state index is 5.35. The molecular weight excluding hydrogens is 192 g/mol. The number of rotatable bonds is 10. The van der Waals surface area contributed by atoms with Crippen LogP contribution in [0.4, 0.5) is 0 Å². The summed E-state index contributed by atoms with van der Waals surface area (Å²) in [6.45, 7) is 5.10. The summed E-state index contributed by atoms with van der Waals surface area (Å²) in [5.74, 6) is 0. The Hall–Kier alpha value is 0.310. The number of ether oxygens (including phenoxy) is 1. The lowest BCUT2D eigenvalue weighted by Gasteiger charge is -2.06. The van der Waals surface area contributed by atoms with E-state index < -0.39 is 0 Å². The Morgan fingerprint density at radius 3 is 1.93 bits per heavy atom. The van der Waals surface area contributed by atoms with Gasteiger partial charge >= 0.3 is 0 Å². The van der Waals surface area contributed by atoms with E-state index in [1.807, 2.05) is 6.92 Å².